The van der Waals surface area contributed by atoms with Crippen LogP contribution in [0.1, 0.15) is 18.9 Å². The first-order valence-electron chi connectivity index (χ1n) is 6.70. The van der Waals surface area contributed by atoms with Gasteiger partial charge in [-0.15, -0.1) is 0 Å². The minimum absolute atomic E-state index is 0.114. The molecule has 0 aliphatic heterocycles. The molecule has 2 aromatic rings. The number of halogens is 3. The van der Waals surface area contributed by atoms with E-state index in [9.17, 15) is 8.78 Å². The minimum atomic E-state index is -0.498. The molecule has 112 valence electrons. The third-order valence-corrected chi connectivity index (χ3v) is 3.50. The number of benzene rings is 2. The first-order chi connectivity index (χ1) is 10.1. The average Bonchev–Trinajstić information content (AvgIpc) is 2.48. The lowest BCUT2D eigenvalue weighted by Gasteiger charge is -2.10. The van der Waals surface area contributed by atoms with Crippen molar-refractivity contribution in [1.82, 2.24) is 0 Å². The number of hydrogen-bond acceptors (Lipinski definition) is 2. The van der Waals surface area contributed by atoms with Crippen LogP contribution < -0.4 is 10.1 Å². The summed E-state index contributed by atoms with van der Waals surface area (Å²) in [5.74, 6) is -0.185. The molecule has 0 aliphatic rings. The van der Waals surface area contributed by atoms with Crippen LogP contribution in [0.3, 0.4) is 0 Å². The maximum absolute atomic E-state index is 13.7. The second-order valence-electron chi connectivity index (χ2n) is 4.59. The van der Waals surface area contributed by atoms with Gasteiger partial charge in [0.15, 0.2) is 0 Å². The Balaban J connectivity index is 1.98. The molecule has 2 nitrogen and oxygen atoms in total. The molecule has 2 aromatic carbocycles. The summed E-state index contributed by atoms with van der Waals surface area (Å²) >= 11 is 2.95. The second kappa shape index (κ2) is 7.41. The van der Waals surface area contributed by atoms with E-state index >= 15 is 0 Å². The van der Waals surface area contributed by atoms with Crippen molar-refractivity contribution in [2.75, 3.05) is 11.9 Å². The standard InChI is InChI=1S/C16H16BrF2NO/c1-2-7-21-12-5-3-11(4-6-12)10-20-16-9-14(18)13(17)8-15(16)19/h3-6,8-9,20H,2,7,10H2,1H3. The van der Waals surface area contributed by atoms with Gasteiger partial charge in [-0.05, 0) is 46.1 Å². The Labute approximate surface area is 131 Å². The molecule has 0 atom stereocenters. The van der Waals surface area contributed by atoms with Gasteiger partial charge in [-0.3, -0.25) is 0 Å². The first kappa shape index (κ1) is 15.8. The van der Waals surface area contributed by atoms with Gasteiger partial charge in [-0.25, -0.2) is 8.78 Å². The summed E-state index contributed by atoms with van der Waals surface area (Å²) in [5.41, 5.74) is 1.10. The van der Waals surface area contributed by atoms with E-state index < -0.39 is 11.6 Å². The molecular weight excluding hydrogens is 340 g/mol. The number of ether oxygens (including phenoxy) is 1. The lowest BCUT2D eigenvalue weighted by molar-refractivity contribution is 0.317. The summed E-state index contributed by atoms with van der Waals surface area (Å²) in [4.78, 5) is 0. The smallest absolute Gasteiger partial charge is 0.147 e. The van der Waals surface area contributed by atoms with Crippen LogP contribution in [0.2, 0.25) is 0 Å². The Bertz CT molecular complexity index is 602. The van der Waals surface area contributed by atoms with E-state index in [2.05, 4.69) is 21.2 Å². The predicted molar refractivity (Wildman–Crippen MR) is 83.6 cm³/mol. The summed E-state index contributed by atoms with van der Waals surface area (Å²) in [6.07, 6.45) is 0.956. The maximum Gasteiger partial charge on any atom is 0.147 e. The summed E-state index contributed by atoms with van der Waals surface area (Å²) in [6, 6.07) is 9.77. The normalized spacial score (nSPS) is 10.5. The Morgan fingerprint density at radius 3 is 2.48 bits per heavy atom. The Morgan fingerprint density at radius 2 is 1.81 bits per heavy atom. The van der Waals surface area contributed by atoms with Crippen LogP contribution >= 0.6 is 15.9 Å². The van der Waals surface area contributed by atoms with Crippen molar-refractivity contribution in [2.24, 2.45) is 0 Å². The highest BCUT2D eigenvalue weighted by molar-refractivity contribution is 9.10. The fourth-order valence-corrected chi connectivity index (χ4v) is 2.09. The van der Waals surface area contributed by atoms with E-state index in [0.717, 1.165) is 29.9 Å². The fourth-order valence-electron chi connectivity index (χ4n) is 1.78. The van der Waals surface area contributed by atoms with Gasteiger partial charge in [0.05, 0.1) is 16.8 Å². The van der Waals surface area contributed by atoms with E-state index in [1.54, 1.807) is 0 Å². The summed E-state index contributed by atoms with van der Waals surface area (Å²) in [6.45, 7) is 3.14. The van der Waals surface area contributed by atoms with Crippen molar-refractivity contribution >= 4 is 21.6 Å². The van der Waals surface area contributed by atoms with Crippen molar-refractivity contribution in [1.29, 1.82) is 0 Å². The zero-order valence-corrected chi connectivity index (χ0v) is 13.2. The molecule has 5 heteroatoms. The van der Waals surface area contributed by atoms with Crippen molar-refractivity contribution in [2.45, 2.75) is 19.9 Å². The molecule has 0 heterocycles. The molecule has 0 aromatic heterocycles. The molecule has 21 heavy (non-hydrogen) atoms. The molecule has 0 unspecified atom stereocenters. The van der Waals surface area contributed by atoms with Crippen LogP contribution in [0, 0.1) is 11.6 Å². The molecule has 0 aliphatic carbocycles. The Hall–Kier alpha value is -1.62. The minimum Gasteiger partial charge on any atom is -0.494 e. The molecule has 0 spiro atoms. The highest BCUT2D eigenvalue weighted by Crippen LogP contribution is 2.24. The zero-order valence-electron chi connectivity index (χ0n) is 11.6. The number of rotatable bonds is 6. The van der Waals surface area contributed by atoms with Crippen LogP contribution in [-0.2, 0) is 6.54 Å². The molecule has 0 saturated carbocycles. The maximum atomic E-state index is 13.7. The molecule has 0 radical (unpaired) electrons. The van der Waals surface area contributed by atoms with Gasteiger partial charge >= 0.3 is 0 Å². The Kier molecular flexibility index (Phi) is 5.56. The predicted octanol–water partition coefficient (Wildman–Crippen LogP) is 5.13. The zero-order chi connectivity index (χ0) is 15.2. The fraction of sp³-hybridized carbons (Fsp3) is 0.250. The van der Waals surface area contributed by atoms with E-state index in [0.29, 0.717) is 13.2 Å². The summed E-state index contributed by atoms with van der Waals surface area (Å²) in [5, 5.41) is 2.88. The van der Waals surface area contributed by atoms with Crippen molar-refractivity contribution < 1.29 is 13.5 Å². The third-order valence-electron chi connectivity index (χ3n) is 2.89. The highest BCUT2D eigenvalue weighted by Gasteiger charge is 2.07. The van der Waals surface area contributed by atoms with Gasteiger partial charge in [0, 0.05) is 12.6 Å². The van der Waals surface area contributed by atoms with Gasteiger partial charge in [-0.2, -0.15) is 0 Å². The van der Waals surface area contributed by atoms with Crippen LogP contribution in [0.15, 0.2) is 40.9 Å². The van der Waals surface area contributed by atoms with E-state index in [-0.39, 0.29) is 10.2 Å². The Morgan fingerprint density at radius 1 is 1.10 bits per heavy atom. The van der Waals surface area contributed by atoms with Crippen LogP contribution in [-0.4, -0.2) is 6.61 Å². The molecule has 0 fully saturated rings. The van der Waals surface area contributed by atoms with Crippen molar-refractivity contribution in [3.63, 3.8) is 0 Å². The lowest BCUT2D eigenvalue weighted by Crippen LogP contribution is -2.02. The van der Waals surface area contributed by atoms with Crippen LogP contribution in [0.4, 0.5) is 14.5 Å². The average molecular weight is 356 g/mol. The van der Waals surface area contributed by atoms with E-state index in [1.165, 1.54) is 0 Å². The molecule has 2 rings (SSSR count). The molecule has 0 bridgehead atoms. The first-order valence-corrected chi connectivity index (χ1v) is 7.49. The van der Waals surface area contributed by atoms with Crippen molar-refractivity contribution in [3.05, 3.63) is 58.1 Å². The molecule has 0 saturated heterocycles. The van der Waals surface area contributed by atoms with E-state index in [1.807, 2.05) is 31.2 Å². The summed E-state index contributed by atoms with van der Waals surface area (Å²) in [7, 11) is 0. The van der Waals surface area contributed by atoms with Crippen LogP contribution in [0.5, 0.6) is 5.75 Å². The second-order valence-corrected chi connectivity index (χ2v) is 5.45. The third kappa shape index (κ3) is 4.43. The number of hydrogen-bond donors (Lipinski definition) is 1. The SMILES string of the molecule is CCCOc1ccc(CNc2cc(F)c(Br)cc2F)cc1. The quantitative estimate of drug-likeness (QED) is 0.725. The number of nitrogens with one attached hydrogen (secondary N) is 1. The van der Waals surface area contributed by atoms with Crippen molar-refractivity contribution in [3.8, 4) is 5.75 Å². The monoisotopic (exact) mass is 355 g/mol. The summed E-state index contributed by atoms with van der Waals surface area (Å²) < 4.78 is 32.6. The highest BCUT2D eigenvalue weighted by atomic mass is 79.9. The molecule has 0 amide bonds. The van der Waals surface area contributed by atoms with Gasteiger partial charge < -0.3 is 10.1 Å². The lowest BCUT2D eigenvalue weighted by atomic mass is 10.2. The number of anilines is 1. The topological polar surface area (TPSA) is 21.3 Å². The largest absolute Gasteiger partial charge is 0.494 e. The molecule has 1 N–H and O–H groups in total. The van der Waals surface area contributed by atoms with Gasteiger partial charge in [0.2, 0.25) is 0 Å². The van der Waals surface area contributed by atoms with Crippen LogP contribution in [0.25, 0.3) is 0 Å². The van der Waals surface area contributed by atoms with Gasteiger partial charge in [-0.1, -0.05) is 19.1 Å². The molecular formula is C16H16BrF2NO. The van der Waals surface area contributed by atoms with Gasteiger partial charge in [0.1, 0.15) is 17.4 Å². The van der Waals surface area contributed by atoms with E-state index in [4.69, 9.17) is 4.74 Å². The van der Waals surface area contributed by atoms with Gasteiger partial charge in [0.25, 0.3) is 0 Å².